The van der Waals surface area contributed by atoms with E-state index >= 15 is 0 Å². The maximum Gasteiger partial charge on any atom is 0.265 e. The third-order valence-corrected chi connectivity index (χ3v) is 3.97. The zero-order valence-electron chi connectivity index (χ0n) is 14.2. The molecule has 0 bridgehead atoms. The zero-order chi connectivity index (χ0) is 17.8. The number of hydrogen-bond donors (Lipinski definition) is 2. The Bertz CT molecular complexity index is 804. The van der Waals surface area contributed by atoms with Gasteiger partial charge in [0.25, 0.3) is 5.91 Å². The molecule has 1 heterocycles. The van der Waals surface area contributed by atoms with Crippen molar-refractivity contribution in [1.82, 2.24) is 0 Å². The average Bonchev–Trinajstić information content (AvgIpc) is 2.61. The summed E-state index contributed by atoms with van der Waals surface area (Å²) >= 11 is 0. The Morgan fingerprint density at radius 2 is 2.12 bits per heavy atom. The Morgan fingerprint density at radius 3 is 2.92 bits per heavy atom. The molecule has 6 nitrogen and oxygen atoms in total. The standard InChI is InChI=1S/C19H20N2O4/c1-12-19(23)21-16-11-14(7-8-17(16)25-12)20-18(22)9-6-13-4-3-5-15(10-13)24-2/h3-5,7-8,10-12H,6,9H2,1-2H3,(H,20,22)(H,21,23). The van der Waals surface area contributed by atoms with Crippen molar-refractivity contribution < 1.29 is 19.1 Å². The fraction of sp³-hybridized carbons (Fsp3) is 0.263. The molecular formula is C19H20N2O4. The summed E-state index contributed by atoms with van der Waals surface area (Å²) in [7, 11) is 1.62. The number of carbonyl (C=O) groups is 2. The largest absolute Gasteiger partial charge is 0.497 e. The average molecular weight is 340 g/mol. The monoisotopic (exact) mass is 340 g/mol. The van der Waals surface area contributed by atoms with Crippen LogP contribution in [0.25, 0.3) is 0 Å². The van der Waals surface area contributed by atoms with Gasteiger partial charge in [0.2, 0.25) is 5.91 Å². The summed E-state index contributed by atoms with van der Waals surface area (Å²) in [6.07, 6.45) is 0.450. The van der Waals surface area contributed by atoms with Gasteiger partial charge in [0, 0.05) is 12.1 Å². The minimum atomic E-state index is -0.518. The number of carbonyl (C=O) groups excluding carboxylic acids is 2. The van der Waals surface area contributed by atoms with Crippen molar-refractivity contribution in [1.29, 1.82) is 0 Å². The van der Waals surface area contributed by atoms with E-state index < -0.39 is 6.10 Å². The highest BCUT2D eigenvalue weighted by atomic mass is 16.5. The Kier molecular flexibility index (Phi) is 4.88. The lowest BCUT2D eigenvalue weighted by Crippen LogP contribution is -2.34. The normalized spacial score (nSPS) is 15.6. The highest BCUT2D eigenvalue weighted by Crippen LogP contribution is 2.32. The van der Waals surface area contributed by atoms with Crippen LogP contribution in [0.3, 0.4) is 0 Å². The van der Waals surface area contributed by atoms with Crippen LogP contribution in [0.15, 0.2) is 42.5 Å². The van der Waals surface area contributed by atoms with E-state index in [1.54, 1.807) is 32.2 Å². The van der Waals surface area contributed by atoms with Crippen LogP contribution in [-0.4, -0.2) is 25.0 Å². The second-order valence-electron chi connectivity index (χ2n) is 5.86. The molecule has 2 aromatic rings. The first kappa shape index (κ1) is 16.8. The number of anilines is 2. The van der Waals surface area contributed by atoms with Gasteiger partial charge in [0.1, 0.15) is 11.5 Å². The van der Waals surface area contributed by atoms with E-state index in [1.807, 2.05) is 24.3 Å². The summed E-state index contributed by atoms with van der Waals surface area (Å²) < 4.78 is 10.7. The number of benzene rings is 2. The van der Waals surface area contributed by atoms with Crippen molar-refractivity contribution in [2.45, 2.75) is 25.9 Å². The van der Waals surface area contributed by atoms with Crippen molar-refractivity contribution in [3.63, 3.8) is 0 Å². The van der Waals surface area contributed by atoms with Crippen LogP contribution in [-0.2, 0) is 16.0 Å². The molecule has 2 aromatic carbocycles. The molecule has 0 spiro atoms. The Morgan fingerprint density at radius 1 is 1.28 bits per heavy atom. The van der Waals surface area contributed by atoms with Crippen LogP contribution in [0, 0.1) is 0 Å². The Hall–Kier alpha value is -3.02. The van der Waals surface area contributed by atoms with Gasteiger partial charge in [-0.15, -0.1) is 0 Å². The van der Waals surface area contributed by atoms with E-state index in [0.29, 0.717) is 30.0 Å². The summed E-state index contributed by atoms with van der Waals surface area (Å²) in [5.41, 5.74) is 2.22. The van der Waals surface area contributed by atoms with Crippen molar-refractivity contribution in [3.05, 3.63) is 48.0 Å². The lowest BCUT2D eigenvalue weighted by atomic mass is 10.1. The number of rotatable bonds is 5. The first-order valence-electron chi connectivity index (χ1n) is 8.09. The number of ether oxygens (including phenoxy) is 2. The molecule has 25 heavy (non-hydrogen) atoms. The summed E-state index contributed by atoms with van der Waals surface area (Å²) in [4.78, 5) is 23.8. The fourth-order valence-corrected chi connectivity index (χ4v) is 2.60. The van der Waals surface area contributed by atoms with Crippen LogP contribution in [0.4, 0.5) is 11.4 Å². The van der Waals surface area contributed by atoms with Crippen LogP contribution < -0.4 is 20.1 Å². The molecule has 1 unspecified atom stereocenters. The third-order valence-electron chi connectivity index (χ3n) is 3.97. The lowest BCUT2D eigenvalue weighted by Gasteiger charge is -2.23. The molecule has 0 radical (unpaired) electrons. The highest BCUT2D eigenvalue weighted by molar-refractivity contribution is 5.99. The number of nitrogens with one attached hydrogen (secondary N) is 2. The second-order valence-corrected chi connectivity index (χ2v) is 5.86. The molecular weight excluding hydrogens is 320 g/mol. The molecule has 1 aliphatic rings. The first-order chi connectivity index (χ1) is 12.0. The van der Waals surface area contributed by atoms with Crippen LogP contribution in [0.5, 0.6) is 11.5 Å². The predicted octanol–water partition coefficient (Wildman–Crippen LogP) is 2.99. The van der Waals surface area contributed by atoms with Crippen LogP contribution in [0.2, 0.25) is 0 Å². The predicted molar refractivity (Wildman–Crippen MR) is 95.1 cm³/mol. The molecule has 0 aromatic heterocycles. The molecule has 130 valence electrons. The van der Waals surface area contributed by atoms with Gasteiger partial charge in [0.05, 0.1) is 12.8 Å². The molecule has 2 N–H and O–H groups in total. The summed E-state index contributed by atoms with van der Waals surface area (Å²) in [6, 6.07) is 12.8. The highest BCUT2D eigenvalue weighted by Gasteiger charge is 2.23. The minimum Gasteiger partial charge on any atom is -0.497 e. The zero-order valence-corrected chi connectivity index (χ0v) is 14.2. The van der Waals surface area contributed by atoms with Crippen LogP contribution in [0.1, 0.15) is 18.9 Å². The van der Waals surface area contributed by atoms with Gasteiger partial charge < -0.3 is 20.1 Å². The molecule has 0 saturated heterocycles. The first-order valence-corrected chi connectivity index (χ1v) is 8.09. The van der Waals surface area contributed by atoms with Crippen molar-refractivity contribution in [2.24, 2.45) is 0 Å². The van der Waals surface area contributed by atoms with Crippen LogP contribution >= 0.6 is 0 Å². The van der Waals surface area contributed by atoms with E-state index in [1.165, 1.54) is 0 Å². The van der Waals surface area contributed by atoms with Gasteiger partial charge in [-0.05, 0) is 49.2 Å². The SMILES string of the molecule is COc1cccc(CCC(=O)Nc2ccc3c(c2)NC(=O)C(C)O3)c1. The van der Waals surface area contributed by atoms with E-state index in [-0.39, 0.29) is 11.8 Å². The summed E-state index contributed by atoms with van der Waals surface area (Å²) in [5.74, 6) is 1.08. The lowest BCUT2D eigenvalue weighted by molar-refractivity contribution is -0.122. The number of aryl methyl sites for hydroxylation is 1. The van der Waals surface area contributed by atoms with Crippen molar-refractivity contribution in [3.8, 4) is 11.5 Å². The number of methoxy groups -OCH3 is 1. The minimum absolute atomic E-state index is 0.0980. The number of hydrogen-bond acceptors (Lipinski definition) is 4. The van der Waals surface area contributed by atoms with Crippen molar-refractivity contribution in [2.75, 3.05) is 17.7 Å². The Labute approximate surface area is 146 Å². The Balaban J connectivity index is 1.59. The molecule has 0 aliphatic carbocycles. The van der Waals surface area contributed by atoms with E-state index in [0.717, 1.165) is 11.3 Å². The van der Waals surface area contributed by atoms with Gasteiger partial charge >= 0.3 is 0 Å². The van der Waals surface area contributed by atoms with Gasteiger partial charge in [-0.3, -0.25) is 9.59 Å². The number of fused-ring (bicyclic) bond motifs is 1. The summed E-state index contributed by atoms with van der Waals surface area (Å²) in [6.45, 7) is 1.69. The summed E-state index contributed by atoms with van der Waals surface area (Å²) in [5, 5.41) is 5.60. The molecule has 6 heteroatoms. The van der Waals surface area contributed by atoms with Gasteiger partial charge in [-0.1, -0.05) is 12.1 Å². The molecule has 1 aliphatic heterocycles. The van der Waals surface area contributed by atoms with Gasteiger partial charge in [-0.25, -0.2) is 0 Å². The van der Waals surface area contributed by atoms with E-state index in [2.05, 4.69) is 10.6 Å². The van der Waals surface area contributed by atoms with Gasteiger partial charge in [-0.2, -0.15) is 0 Å². The number of amides is 2. The third kappa shape index (κ3) is 4.09. The molecule has 0 saturated carbocycles. The molecule has 2 amide bonds. The smallest absolute Gasteiger partial charge is 0.265 e. The van der Waals surface area contributed by atoms with E-state index in [9.17, 15) is 9.59 Å². The molecule has 0 fully saturated rings. The van der Waals surface area contributed by atoms with Gasteiger partial charge in [0.15, 0.2) is 6.10 Å². The maximum absolute atomic E-state index is 12.2. The topological polar surface area (TPSA) is 76.7 Å². The fourth-order valence-electron chi connectivity index (χ4n) is 2.60. The quantitative estimate of drug-likeness (QED) is 0.877. The molecule has 3 rings (SSSR count). The van der Waals surface area contributed by atoms with E-state index in [4.69, 9.17) is 9.47 Å². The second kappa shape index (κ2) is 7.25. The molecule has 1 atom stereocenters. The van der Waals surface area contributed by atoms with Crippen molar-refractivity contribution >= 4 is 23.2 Å². The maximum atomic E-state index is 12.2.